The number of hydrogen-bond donors (Lipinski definition) is 1. The van der Waals surface area contributed by atoms with Crippen LogP contribution in [0.15, 0.2) is 6.33 Å². The molecule has 0 aliphatic heterocycles. The van der Waals surface area contributed by atoms with Gasteiger partial charge in [0, 0.05) is 19.5 Å². The van der Waals surface area contributed by atoms with Crippen molar-refractivity contribution in [3.63, 3.8) is 0 Å². The highest BCUT2D eigenvalue weighted by atomic mass is 19.1. The van der Waals surface area contributed by atoms with Crippen LogP contribution in [0.3, 0.4) is 0 Å². The van der Waals surface area contributed by atoms with Crippen molar-refractivity contribution in [3.05, 3.63) is 23.7 Å². The van der Waals surface area contributed by atoms with Crippen LogP contribution in [0, 0.1) is 5.82 Å². The number of aryl methyl sites for hydroxylation is 1. The average molecular weight is 265 g/mol. The van der Waals surface area contributed by atoms with Crippen LogP contribution in [-0.2, 0) is 6.42 Å². The summed E-state index contributed by atoms with van der Waals surface area (Å²) in [6, 6.07) is 0. The summed E-state index contributed by atoms with van der Waals surface area (Å²) >= 11 is 0. The molecule has 0 bridgehead atoms. The molecule has 0 unspecified atom stereocenters. The second kappa shape index (κ2) is 5.68. The predicted octanol–water partition coefficient (Wildman–Crippen LogP) is 0.931. The number of nitrogens with zero attached hydrogens (tertiary/aromatic N) is 6. The van der Waals surface area contributed by atoms with Gasteiger partial charge in [-0.3, -0.25) is 0 Å². The second-order valence-electron chi connectivity index (χ2n) is 4.36. The molecule has 2 heterocycles. The van der Waals surface area contributed by atoms with Crippen molar-refractivity contribution in [1.29, 1.82) is 0 Å². The lowest BCUT2D eigenvalue weighted by Gasteiger charge is -2.21. The van der Waals surface area contributed by atoms with Crippen LogP contribution < -0.4 is 4.90 Å². The summed E-state index contributed by atoms with van der Waals surface area (Å²) in [4.78, 5) is 9.65. The summed E-state index contributed by atoms with van der Waals surface area (Å²) in [5.74, 6) is 0.537. The third-order valence-electron chi connectivity index (χ3n) is 2.89. The maximum Gasteiger partial charge on any atom is 0.187 e. The molecule has 8 heteroatoms. The minimum Gasteiger partial charge on any atom is -0.356 e. The van der Waals surface area contributed by atoms with Crippen molar-refractivity contribution in [2.75, 3.05) is 18.5 Å². The number of rotatable bonds is 5. The number of likely N-dealkylation sites (N-methyl/N-ethyl adjacent to an activating group) is 1. The van der Waals surface area contributed by atoms with E-state index in [1.54, 1.807) is 11.9 Å². The van der Waals surface area contributed by atoms with Gasteiger partial charge >= 0.3 is 0 Å². The predicted molar refractivity (Wildman–Crippen MR) is 67.2 cm³/mol. The topological polar surface area (TPSA) is 83.5 Å². The molecular formula is C11H16FN7. The molecule has 0 aliphatic carbocycles. The number of hydrogen-bond acceptors (Lipinski definition) is 6. The molecule has 102 valence electrons. The Hall–Kier alpha value is -2.12. The van der Waals surface area contributed by atoms with Gasteiger partial charge in [-0.2, -0.15) is 5.21 Å². The third-order valence-corrected chi connectivity index (χ3v) is 2.89. The Morgan fingerprint density at radius 3 is 2.84 bits per heavy atom. The smallest absolute Gasteiger partial charge is 0.187 e. The van der Waals surface area contributed by atoms with Gasteiger partial charge in [-0.1, -0.05) is 19.1 Å². The normalized spacial score (nSPS) is 12.4. The summed E-state index contributed by atoms with van der Waals surface area (Å²) in [5.41, 5.74) is 0.420. The molecule has 0 saturated carbocycles. The zero-order valence-electron chi connectivity index (χ0n) is 11.1. The van der Waals surface area contributed by atoms with Gasteiger partial charge in [-0.25, -0.2) is 14.4 Å². The van der Waals surface area contributed by atoms with E-state index in [9.17, 15) is 4.39 Å². The van der Waals surface area contributed by atoms with Crippen molar-refractivity contribution in [1.82, 2.24) is 30.6 Å². The lowest BCUT2D eigenvalue weighted by Crippen LogP contribution is -2.26. The zero-order chi connectivity index (χ0) is 13.8. The third kappa shape index (κ3) is 2.83. The molecule has 0 amide bonds. The first-order valence-electron chi connectivity index (χ1n) is 6.07. The minimum atomic E-state index is -0.368. The maximum absolute atomic E-state index is 14.1. The van der Waals surface area contributed by atoms with E-state index in [-0.39, 0.29) is 11.7 Å². The van der Waals surface area contributed by atoms with Gasteiger partial charge in [0.05, 0.1) is 5.69 Å². The monoisotopic (exact) mass is 265 g/mol. The first-order chi connectivity index (χ1) is 9.13. The molecule has 0 aliphatic rings. The highest BCUT2D eigenvalue weighted by Gasteiger charge is 2.18. The molecule has 2 aromatic rings. The number of halogens is 1. The van der Waals surface area contributed by atoms with Crippen molar-refractivity contribution in [2.24, 2.45) is 0 Å². The molecule has 0 fully saturated rings. The summed E-state index contributed by atoms with van der Waals surface area (Å²) in [7, 11) is 1.78. The largest absolute Gasteiger partial charge is 0.356 e. The summed E-state index contributed by atoms with van der Waals surface area (Å²) < 4.78 is 14.1. The molecule has 19 heavy (non-hydrogen) atoms. The van der Waals surface area contributed by atoms with Crippen molar-refractivity contribution in [2.45, 2.75) is 26.2 Å². The molecule has 1 atom stereocenters. The van der Waals surface area contributed by atoms with E-state index in [4.69, 9.17) is 0 Å². The Morgan fingerprint density at radius 2 is 2.21 bits per heavy atom. The second-order valence-corrected chi connectivity index (χ2v) is 4.36. The Bertz CT molecular complexity index is 528. The van der Waals surface area contributed by atoms with E-state index in [0.29, 0.717) is 30.3 Å². The van der Waals surface area contributed by atoms with Crippen LogP contribution in [0.25, 0.3) is 0 Å². The van der Waals surface area contributed by atoms with E-state index in [0.717, 1.165) is 0 Å². The minimum absolute atomic E-state index is 0.0168. The van der Waals surface area contributed by atoms with E-state index in [1.807, 2.05) is 13.8 Å². The van der Waals surface area contributed by atoms with Crippen molar-refractivity contribution >= 4 is 5.82 Å². The Morgan fingerprint density at radius 1 is 1.42 bits per heavy atom. The van der Waals surface area contributed by atoms with Crippen LogP contribution in [0.2, 0.25) is 0 Å². The molecule has 2 rings (SSSR count). The number of H-pyrrole nitrogens is 1. The Balaban J connectivity index is 2.14. The molecular weight excluding hydrogens is 249 g/mol. The summed E-state index contributed by atoms with van der Waals surface area (Å²) in [6.45, 7) is 4.34. The lowest BCUT2D eigenvalue weighted by atomic mass is 10.1. The number of anilines is 1. The van der Waals surface area contributed by atoms with Gasteiger partial charge in [-0.05, 0) is 6.42 Å². The van der Waals surface area contributed by atoms with Gasteiger partial charge in [0.15, 0.2) is 17.5 Å². The molecule has 0 aromatic carbocycles. The van der Waals surface area contributed by atoms with Gasteiger partial charge in [0.1, 0.15) is 6.33 Å². The first-order valence-corrected chi connectivity index (χ1v) is 6.07. The van der Waals surface area contributed by atoms with Crippen molar-refractivity contribution in [3.8, 4) is 0 Å². The first kappa shape index (κ1) is 13.3. The highest BCUT2D eigenvalue weighted by Crippen LogP contribution is 2.19. The van der Waals surface area contributed by atoms with Crippen LogP contribution in [-0.4, -0.2) is 44.2 Å². The number of aromatic nitrogens is 6. The number of aromatic amines is 1. The number of tetrazole rings is 1. The Labute approximate surface area is 110 Å². The van der Waals surface area contributed by atoms with Crippen molar-refractivity contribution < 1.29 is 4.39 Å². The van der Waals surface area contributed by atoms with E-state index in [1.165, 1.54) is 6.33 Å². The summed E-state index contributed by atoms with van der Waals surface area (Å²) in [5, 5.41) is 13.8. The van der Waals surface area contributed by atoms with Crippen LogP contribution >= 0.6 is 0 Å². The molecule has 2 aromatic heterocycles. The molecule has 0 saturated heterocycles. The Kier molecular flexibility index (Phi) is 3.98. The van der Waals surface area contributed by atoms with E-state index < -0.39 is 0 Å². The van der Waals surface area contributed by atoms with Gasteiger partial charge in [0.2, 0.25) is 0 Å². The highest BCUT2D eigenvalue weighted by molar-refractivity contribution is 5.40. The molecule has 1 N–H and O–H groups in total. The fourth-order valence-corrected chi connectivity index (χ4v) is 1.87. The van der Waals surface area contributed by atoms with Crippen LogP contribution in [0.5, 0.6) is 0 Å². The average Bonchev–Trinajstić information content (AvgIpc) is 2.92. The van der Waals surface area contributed by atoms with E-state index >= 15 is 0 Å². The molecule has 0 radical (unpaired) electrons. The van der Waals surface area contributed by atoms with Crippen LogP contribution in [0.4, 0.5) is 10.2 Å². The summed E-state index contributed by atoms with van der Waals surface area (Å²) in [6.07, 6.45) is 1.92. The molecule has 0 spiro atoms. The van der Waals surface area contributed by atoms with Gasteiger partial charge in [-0.15, -0.1) is 10.2 Å². The fraction of sp³-hybridized carbons (Fsp3) is 0.545. The van der Waals surface area contributed by atoms with Crippen LogP contribution in [0.1, 0.15) is 31.3 Å². The SMILES string of the molecule is CCc1ncnc(N(C)C[C@@H](C)c2nn[nH]n2)c1F. The maximum atomic E-state index is 14.1. The molecule has 7 nitrogen and oxygen atoms in total. The number of nitrogens with one attached hydrogen (secondary N) is 1. The van der Waals surface area contributed by atoms with E-state index in [2.05, 4.69) is 30.6 Å². The quantitative estimate of drug-likeness (QED) is 0.866. The lowest BCUT2D eigenvalue weighted by molar-refractivity contribution is 0.581. The zero-order valence-corrected chi connectivity index (χ0v) is 11.1. The fourth-order valence-electron chi connectivity index (χ4n) is 1.87. The van der Waals surface area contributed by atoms with Gasteiger partial charge < -0.3 is 4.90 Å². The standard InChI is InChI=1S/C11H16FN7/c1-4-8-9(12)11(14-6-13-8)19(3)5-7(2)10-15-17-18-16-10/h6-7H,4-5H2,1-3H3,(H,15,16,17,18)/t7-/m1/s1. The van der Waals surface area contributed by atoms with Gasteiger partial charge in [0.25, 0.3) is 0 Å².